The van der Waals surface area contributed by atoms with Gasteiger partial charge in [-0.05, 0) is 38.1 Å². The summed E-state index contributed by atoms with van der Waals surface area (Å²) in [6, 6.07) is 8.59. The van der Waals surface area contributed by atoms with E-state index in [0.717, 1.165) is 49.2 Å². The second-order valence-electron chi connectivity index (χ2n) is 6.24. The van der Waals surface area contributed by atoms with E-state index in [1.807, 2.05) is 24.3 Å². The zero-order valence-corrected chi connectivity index (χ0v) is 15.3. The summed E-state index contributed by atoms with van der Waals surface area (Å²) in [6.45, 7) is 10.0. The highest BCUT2D eigenvalue weighted by atomic mass is 79.9. The number of aromatic nitrogens is 2. The molecular formula is C17H23BrN4O. The van der Waals surface area contributed by atoms with E-state index in [0.29, 0.717) is 17.8 Å². The lowest BCUT2D eigenvalue weighted by atomic mass is 10.2. The van der Waals surface area contributed by atoms with Gasteiger partial charge in [-0.2, -0.15) is 4.98 Å². The van der Waals surface area contributed by atoms with Crippen LogP contribution in [0.25, 0.3) is 11.4 Å². The molecule has 0 aliphatic carbocycles. The molecule has 0 saturated carbocycles. The Bertz CT molecular complexity index is 618. The smallest absolute Gasteiger partial charge is 0.228 e. The molecule has 0 spiro atoms. The SMILES string of the molecule is CC(C)N1CCN(CCc2nc(-c3ccc(Br)cc3)no2)CC1. The molecule has 3 rings (SSSR count). The summed E-state index contributed by atoms with van der Waals surface area (Å²) < 4.78 is 6.44. The van der Waals surface area contributed by atoms with Crippen molar-refractivity contribution >= 4 is 15.9 Å². The van der Waals surface area contributed by atoms with E-state index in [2.05, 4.69) is 49.7 Å². The average molecular weight is 379 g/mol. The number of benzene rings is 1. The molecular weight excluding hydrogens is 356 g/mol. The van der Waals surface area contributed by atoms with E-state index in [1.54, 1.807) is 0 Å². The van der Waals surface area contributed by atoms with Crippen molar-refractivity contribution in [3.63, 3.8) is 0 Å². The second kappa shape index (κ2) is 7.55. The first-order valence-electron chi connectivity index (χ1n) is 8.17. The van der Waals surface area contributed by atoms with Gasteiger partial charge in [-0.15, -0.1) is 0 Å². The average Bonchev–Trinajstić information content (AvgIpc) is 3.03. The monoisotopic (exact) mass is 378 g/mol. The molecule has 0 radical (unpaired) electrons. The highest BCUT2D eigenvalue weighted by Crippen LogP contribution is 2.19. The number of hydrogen-bond acceptors (Lipinski definition) is 5. The predicted octanol–water partition coefficient (Wildman–Crippen LogP) is 3.07. The molecule has 1 aromatic carbocycles. The lowest BCUT2D eigenvalue weighted by molar-refractivity contribution is 0.108. The zero-order valence-electron chi connectivity index (χ0n) is 13.7. The normalized spacial score (nSPS) is 17.0. The molecule has 0 atom stereocenters. The highest BCUT2D eigenvalue weighted by Gasteiger charge is 2.19. The number of halogens is 1. The largest absolute Gasteiger partial charge is 0.339 e. The van der Waals surface area contributed by atoms with E-state index in [9.17, 15) is 0 Å². The zero-order chi connectivity index (χ0) is 16.2. The van der Waals surface area contributed by atoms with Crippen molar-refractivity contribution in [2.24, 2.45) is 0 Å². The van der Waals surface area contributed by atoms with Crippen LogP contribution in [-0.2, 0) is 6.42 Å². The Hall–Kier alpha value is -1.24. The fraction of sp³-hybridized carbons (Fsp3) is 0.529. The van der Waals surface area contributed by atoms with E-state index in [-0.39, 0.29) is 0 Å². The topological polar surface area (TPSA) is 45.4 Å². The van der Waals surface area contributed by atoms with E-state index in [1.165, 1.54) is 0 Å². The third-order valence-electron chi connectivity index (χ3n) is 4.35. The standard InChI is InChI=1S/C17H23BrN4O/c1-13(2)22-11-9-21(10-12-22)8-7-16-19-17(20-23-16)14-3-5-15(18)6-4-14/h3-6,13H,7-12H2,1-2H3. The van der Waals surface area contributed by atoms with Gasteiger partial charge in [0.2, 0.25) is 11.7 Å². The quantitative estimate of drug-likeness (QED) is 0.799. The van der Waals surface area contributed by atoms with Crippen LogP contribution in [0.15, 0.2) is 33.3 Å². The predicted molar refractivity (Wildman–Crippen MR) is 94.3 cm³/mol. The molecule has 0 bridgehead atoms. The molecule has 2 aromatic rings. The van der Waals surface area contributed by atoms with Gasteiger partial charge in [0.05, 0.1) is 0 Å². The Morgan fingerprint density at radius 3 is 2.48 bits per heavy atom. The van der Waals surface area contributed by atoms with Crippen molar-refractivity contribution in [3.8, 4) is 11.4 Å². The van der Waals surface area contributed by atoms with Gasteiger partial charge in [-0.3, -0.25) is 4.90 Å². The number of hydrogen-bond donors (Lipinski definition) is 0. The van der Waals surface area contributed by atoms with Crippen molar-refractivity contribution < 1.29 is 4.52 Å². The Kier molecular flexibility index (Phi) is 5.46. The molecule has 0 amide bonds. The summed E-state index contributed by atoms with van der Waals surface area (Å²) in [6.07, 6.45) is 0.811. The van der Waals surface area contributed by atoms with Gasteiger partial charge in [0.25, 0.3) is 0 Å². The van der Waals surface area contributed by atoms with Crippen LogP contribution in [0, 0.1) is 0 Å². The fourth-order valence-electron chi connectivity index (χ4n) is 2.83. The van der Waals surface area contributed by atoms with Crippen LogP contribution in [0.5, 0.6) is 0 Å². The summed E-state index contributed by atoms with van der Waals surface area (Å²) in [5, 5.41) is 4.09. The minimum Gasteiger partial charge on any atom is -0.339 e. The van der Waals surface area contributed by atoms with E-state index < -0.39 is 0 Å². The van der Waals surface area contributed by atoms with Crippen molar-refractivity contribution in [1.82, 2.24) is 19.9 Å². The Morgan fingerprint density at radius 2 is 1.83 bits per heavy atom. The minimum atomic E-state index is 0.640. The molecule has 23 heavy (non-hydrogen) atoms. The molecule has 0 N–H and O–H groups in total. The first-order valence-corrected chi connectivity index (χ1v) is 8.96. The van der Waals surface area contributed by atoms with Crippen LogP contribution >= 0.6 is 15.9 Å². The van der Waals surface area contributed by atoms with E-state index >= 15 is 0 Å². The molecule has 5 nitrogen and oxygen atoms in total. The van der Waals surface area contributed by atoms with Crippen LogP contribution < -0.4 is 0 Å². The van der Waals surface area contributed by atoms with Crippen molar-refractivity contribution in [3.05, 3.63) is 34.6 Å². The van der Waals surface area contributed by atoms with Crippen molar-refractivity contribution in [2.75, 3.05) is 32.7 Å². The van der Waals surface area contributed by atoms with Crippen LogP contribution in [0.2, 0.25) is 0 Å². The Balaban J connectivity index is 1.51. The van der Waals surface area contributed by atoms with Crippen LogP contribution in [0.1, 0.15) is 19.7 Å². The maximum atomic E-state index is 5.39. The third-order valence-corrected chi connectivity index (χ3v) is 4.88. The third kappa shape index (κ3) is 4.40. The summed E-state index contributed by atoms with van der Waals surface area (Å²) in [5.41, 5.74) is 0.980. The van der Waals surface area contributed by atoms with Gasteiger partial charge >= 0.3 is 0 Å². The van der Waals surface area contributed by atoms with Crippen LogP contribution in [-0.4, -0.2) is 58.7 Å². The molecule has 1 fully saturated rings. The molecule has 0 unspecified atom stereocenters. The lowest BCUT2D eigenvalue weighted by Gasteiger charge is -2.36. The van der Waals surface area contributed by atoms with Gasteiger partial charge in [0.1, 0.15) is 0 Å². The summed E-state index contributed by atoms with van der Waals surface area (Å²) in [4.78, 5) is 9.50. The number of rotatable bonds is 5. The summed E-state index contributed by atoms with van der Waals surface area (Å²) in [7, 11) is 0. The van der Waals surface area contributed by atoms with Gasteiger partial charge in [-0.25, -0.2) is 0 Å². The molecule has 6 heteroatoms. The minimum absolute atomic E-state index is 0.640. The van der Waals surface area contributed by atoms with Crippen LogP contribution in [0.3, 0.4) is 0 Å². The highest BCUT2D eigenvalue weighted by molar-refractivity contribution is 9.10. The van der Waals surface area contributed by atoms with Gasteiger partial charge < -0.3 is 9.42 Å². The van der Waals surface area contributed by atoms with Gasteiger partial charge in [0.15, 0.2) is 0 Å². The van der Waals surface area contributed by atoms with Crippen molar-refractivity contribution in [1.29, 1.82) is 0 Å². The van der Waals surface area contributed by atoms with Crippen LogP contribution in [0.4, 0.5) is 0 Å². The number of nitrogens with zero attached hydrogens (tertiary/aromatic N) is 4. The molecule has 1 aliphatic rings. The van der Waals surface area contributed by atoms with Crippen molar-refractivity contribution in [2.45, 2.75) is 26.3 Å². The fourth-order valence-corrected chi connectivity index (χ4v) is 3.09. The second-order valence-corrected chi connectivity index (χ2v) is 7.16. The van der Waals surface area contributed by atoms with E-state index in [4.69, 9.17) is 4.52 Å². The lowest BCUT2D eigenvalue weighted by Crippen LogP contribution is -2.49. The first kappa shape index (κ1) is 16.6. The molecule has 1 aliphatic heterocycles. The maximum Gasteiger partial charge on any atom is 0.228 e. The molecule has 2 heterocycles. The Labute approximate surface area is 145 Å². The van der Waals surface area contributed by atoms with Gasteiger partial charge in [0, 0.05) is 55.2 Å². The molecule has 1 saturated heterocycles. The molecule has 124 valence electrons. The summed E-state index contributed by atoms with van der Waals surface area (Å²) in [5.74, 6) is 1.38. The number of piperazine rings is 1. The Morgan fingerprint density at radius 1 is 1.13 bits per heavy atom. The maximum absolute atomic E-state index is 5.39. The molecule has 1 aromatic heterocycles. The van der Waals surface area contributed by atoms with Gasteiger partial charge in [-0.1, -0.05) is 21.1 Å². The first-order chi connectivity index (χ1) is 11.1. The summed E-state index contributed by atoms with van der Waals surface area (Å²) >= 11 is 3.43.